The SMILES string of the molecule is Cn1nc(C(F)(F)F)cc1S(=O)(=O)[C@](C)(F)C1CCN(C(=O)Nc2ccnc(F)c2)CC1. The molecule has 2 aromatic heterocycles. The van der Waals surface area contributed by atoms with Crippen LogP contribution in [0.1, 0.15) is 25.5 Å². The van der Waals surface area contributed by atoms with Gasteiger partial charge in [-0.3, -0.25) is 4.68 Å². The third kappa shape index (κ3) is 4.54. The van der Waals surface area contributed by atoms with Gasteiger partial charge in [0, 0.05) is 50.1 Å². The molecule has 176 valence electrons. The maximum atomic E-state index is 15.6. The number of amides is 2. The van der Waals surface area contributed by atoms with E-state index in [0.717, 1.165) is 20.0 Å². The topological polar surface area (TPSA) is 97.2 Å². The Balaban J connectivity index is 1.71. The molecule has 0 spiro atoms. The van der Waals surface area contributed by atoms with Crippen molar-refractivity contribution < 1.29 is 35.2 Å². The number of pyridine rings is 1. The van der Waals surface area contributed by atoms with E-state index in [4.69, 9.17) is 0 Å². The Bertz CT molecular complexity index is 1110. The van der Waals surface area contributed by atoms with Gasteiger partial charge in [0.05, 0.1) is 0 Å². The first-order valence-corrected chi connectivity index (χ1v) is 10.9. The number of nitrogens with zero attached hydrogens (tertiary/aromatic N) is 4. The number of hydrogen-bond acceptors (Lipinski definition) is 5. The number of halogens is 5. The highest BCUT2D eigenvalue weighted by molar-refractivity contribution is 7.92. The maximum absolute atomic E-state index is 15.6. The molecule has 3 rings (SSSR count). The van der Waals surface area contributed by atoms with E-state index in [9.17, 15) is 30.8 Å². The van der Waals surface area contributed by atoms with Gasteiger partial charge in [-0.1, -0.05) is 0 Å². The van der Waals surface area contributed by atoms with Crippen molar-refractivity contribution in [3.63, 3.8) is 0 Å². The number of anilines is 1. The van der Waals surface area contributed by atoms with Crippen LogP contribution in [0.25, 0.3) is 0 Å². The molecule has 2 amide bonds. The van der Waals surface area contributed by atoms with Crippen molar-refractivity contribution in [1.82, 2.24) is 19.7 Å². The first kappa shape index (κ1) is 23.9. The average molecular weight is 481 g/mol. The van der Waals surface area contributed by atoms with Gasteiger partial charge in [0.1, 0.15) is 0 Å². The summed E-state index contributed by atoms with van der Waals surface area (Å²) in [6.07, 6.45) is -3.81. The molecule has 0 aliphatic carbocycles. The number of hydrogen-bond donors (Lipinski definition) is 1. The Morgan fingerprint density at radius 3 is 2.34 bits per heavy atom. The van der Waals surface area contributed by atoms with E-state index in [2.05, 4.69) is 15.4 Å². The van der Waals surface area contributed by atoms with Gasteiger partial charge in [-0.25, -0.2) is 22.6 Å². The van der Waals surface area contributed by atoms with E-state index in [1.54, 1.807) is 0 Å². The molecule has 32 heavy (non-hydrogen) atoms. The van der Waals surface area contributed by atoms with Crippen molar-refractivity contribution in [2.24, 2.45) is 13.0 Å². The van der Waals surface area contributed by atoms with Gasteiger partial charge in [0.2, 0.25) is 20.8 Å². The minimum absolute atomic E-state index is 0.00170. The minimum Gasteiger partial charge on any atom is -0.325 e. The Morgan fingerprint density at radius 1 is 1.19 bits per heavy atom. The molecule has 3 heterocycles. The van der Waals surface area contributed by atoms with Crippen LogP contribution >= 0.6 is 0 Å². The predicted molar refractivity (Wildman–Crippen MR) is 102 cm³/mol. The third-order valence-corrected chi connectivity index (χ3v) is 7.73. The zero-order chi connectivity index (χ0) is 23.9. The van der Waals surface area contributed by atoms with Crippen LogP contribution < -0.4 is 5.32 Å². The Hall–Kier alpha value is -2.77. The highest BCUT2D eigenvalue weighted by Gasteiger charge is 2.50. The first-order chi connectivity index (χ1) is 14.7. The third-order valence-electron chi connectivity index (χ3n) is 5.42. The van der Waals surface area contributed by atoms with Gasteiger partial charge < -0.3 is 10.2 Å². The van der Waals surface area contributed by atoms with Crippen molar-refractivity contribution in [2.75, 3.05) is 18.4 Å². The van der Waals surface area contributed by atoms with E-state index in [1.807, 2.05) is 0 Å². The molecule has 0 bridgehead atoms. The molecule has 8 nitrogen and oxygen atoms in total. The van der Waals surface area contributed by atoms with E-state index < -0.39 is 49.6 Å². The molecule has 0 radical (unpaired) electrons. The van der Waals surface area contributed by atoms with Crippen LogP contribution in [0.3, 0.4) is 0 Å². The number of sulfone groups is 1. The summed E-state index contributed by atoms with van der Waals surface area (Å²) in [5, 5.41) is 1.84. The van der Waals surface area contributed by atoms with Gasteiger partial charge in [-0.05, 0) is 25.8 Å². The van der Waals surface area contributed by atoms with Gasteiger partial charge in [-0.15, -0.1) is 0 Å². The summed E-state index contributed by atoms with van der Waals surface area (Å²) in [5.74, 6) is -1.86. The number of piperidine rings is 1. The second-order valence-electron chi connectivity index (χ2n) is 7.54. The fourth-order valence-corrected chi connectivity index (χ4v) is 5.28. The van der Waals surface area contributed by atoms with Crippen LogP contribution in [0, 0.1) is 11.9 Å². The second-order valence-corrected chi connectivity index (χ2v) is 9.76. The quantitative estimate of drug-likeness (QED) is 0.534. The average Bonchev–Trinajstić information content (AvgIpc) is 3.11. The van der Waals surface area contributed by atoms with Crippen LogP contribution in [0.5, 0.6) is 0 Å². The van der Waals surface area contributed by atoms with Gasteiger partial charge in [0.25, 0.3) is 0 Å². The van der Waals surface area contributed by atoms with Crippen molar-refractivity contribution in [3.05, 3.63) is 36.0 Å². The molecule has 1 fully saturated rings. The first-order valence-electron chi connectivity index (χ1n) is 9.45. The van der Waals surface area contributed by atoms with Crippen LogP contribution in [-0.4, -0.2) is 52.2 Å². The number of aryl methyl sites for hydroxylation is 1. The molecular formula is C18H20F5N5O3S. The van der Waals surface area contributed by atoms with Gasteiger partial charge >= 0.3 is 12.2 Å². The smallest absolute Gasteiger partial charge is 0.325 e. The molecular weight excluding hydrogens is 461 g/mol. The molecule has 1 atom stereocenters. The van der Waals surface area contributed by atoms with Crippen molar-refractivity contribution in [3.8, 4) is 0 Å². The zero-order valence-electron chi connectivity index (χ0n) is 17.0. The number of aromatic nitrogens is 3. The summed E-state index contributed by atoms with van der Waals surface area (Å²) in [4.78, 5) is 17.0. The molecule has 0 saturated carbocycles. The molecule has 1 N–H and O–H groups in total. The monoisotopic (exact) mass is 481 g/mol. The second kappa shape index (κ2) is 8.30. The minimum atomic E-state index is -4.88. The molecule has 0 unspecified atom stereocenters. The molecule has 1 aliphatic heterocycles. The lowest BCUT2D eigenvalue weighted by Crippen LogP contribution is -2.48. The van der Waals surface area contributed by atoms with Crippen molar-refractivity contribution in [1.29, 1.82) is 0 Å². The number of nitrogens with one attached hydrogen (secondary N) is 1. The van der Waals surface area contributed by atoms with E-state index >= 15 is 4.39 Å². The number of carbonyl (C=O) groups excluding carboxylic acids is 1. The lowest BCUT2D eigenvalue weighted by molar-refractivity contribution is -0.141. The molecule has 14 heteroatoms. The molecule has 2 aromatic rings. The lowest BCUT2D eigenvalue weighted by atomic mass is 9.92. The van der Waals surface area contributed by atoms with Crippen molar-refractivity contribution >= 4 is 21.6 Å². The standard InChI is InChI=1S/C18H20F5N5O3S/c1-17(20,32(30,31)15-10-13(18(21,22)23)26-27(15)2)11-4-7-28(8-5-11)16(29)25-12-3-6-24-14(19)9-12/h3,6,9-11H,4-5,7-8H2,1-2H3,(H,24,25,29)/t17-/m0/s1. The summed E-state index contributed by atoms with van der Waals surface area (Å²) in [7, 11) is -3.84. The van der Waals surface area contributed by atoms with Crippen LogP contribution in [0.2, 0.25) is 0 Å². The van der Waals surface area contributed by atoms with E-state index in [1.165, 1.54) is 17.2 Å². The summed E-state index contributed by atoms with van der Waals surface area (Å²) < 4.78 is 93.6. The van der Waals surface area contributed by atoms with Crippen LogP contribution in [-0.2, 0) is 23.1 Å². The van der Waals surface area contributed by atoms with E-state index in [-0.39, 0.29) is 31.6 Å². The fourth-order valence-electron chi connectivity index (χ4n) is 3.55. The number of rotatable bonds is 4. The molecule has 1 aliphatic rings. The highest BCUT2D eigenvalue weighted by atomic mass is 32.2. The summed E-state index contributed by atoms with van der Waals surface area (Å²) >= 11 is 0. The van der Waals surface area contributed by atoms with Crippen LogP contribution in [0.15, 0.2) is 29.4 Å². The maximum Gasteiger partial charge on any atom is 0.435 e. The zero-order valence-corrected chi connectivity index (χ0v) is 17.8. The van der Waals surface area contributed by atoms with Gasteiger partial charge in [-0.2, -0.15) is 22.7 Å². The molecule has 1 saturated heterocycles. The predicted octanol–water partition coefficient (Wildman–Crippen LogP) is 3.38. The Labute approximate surface area is 180 Å². The largest absolute Gasteiger partial charge is 0.435 e. The Morgan fingerprint density at radius 2 is 1.81 bits per heavy atom. The number of alkyl halides is 4. The highest BCUT2D eigenvalue weighted by Crippen LogP contribution is 2.40. The summed E-state index contributed by atoms with van der Waals surface area (Å²) in [6, 6.07) is 2.11. The van der Waals surface area contributed by atoms with E-state index in [0.29, 0.717) is 10.7 Å². The number of carbonyl (C=O) groups is 1. The molecule has 0 aromatic carbocycles. The van der Waals surface area contributed by atoms with Crippen LogP contribution in [0.4, 0.5) is 32.4 Å². The Kier molecular flexibility index (Phi) is 6.19. The lowest BCUT2D eigenvalue weighted by Gasteiger charge is -2.37. The summed E-state index contributed by atoms with van der Waals surface area (Å²) in [5.41, 5.74) is -1.27. The number of likely N-dealkylation sites (tertiary alicyclic amines) is 1. The normalized spacial score (nSPS) is 17.8. The summed E-state index contributed by atoms with van der Waals surface area (Å²) in [6.45, 7) is 0.805. The van der Waals surface area contributed by atoms with Gasteiger partial charge in [0.15, 0.2) is 10.7 Å². The van der Waals surface area contributed by atoms with Crippen molar-refractivity contribution in [2.45, 2.75) is 36.0 Å². The number of urea groups is 1. The fraction of sp³-hybridized carbons (Fsp3) is 0.500.